The fourth-order valence-electron chi connectivity index (χ4n) is 2.45. The summed E-state index contributed by atoms with van der Waals surface area (Å²) in [7, 11) is 0. The number of carbonyl (C=O) groups is 1. The van der Waals surface area contributed by atoms with Gasteiger partial charge in [-0.05, 0) is 39.3 Å². The highest BCUT2D eigenvalue weighted by atomic mass is 16.5. The molecule has 1 N–H and O–H groups in total. The highest BCUT2D eigenvalue weighted by Gasteiger charge is 2.22. The Labute approximate surface area is 147 Å². The van der Waals surface area contributed by atoms with Gasteiger partial charge in [0.05, 0.1) is 19.8 Å². The van der Waals surface area contributed by atoms with Crippen LogP contribution in [0.25, 0.3) is 11.3 Å². The summed E-state index contributed by atoms with van der Waals surface area (Å²) in [4.78, 5) is 12.1. The van der Waals surface area contributed by atoms with Gasteiger partial charge < -0.3 is 14.2 Å². The van der Waals surface area contributed by atoms with Crippen LogP contribution in [0.1, 0.15) is 36.8 Å². The van der Waals surface area contributed by atoms with Gasteiger partial charge in [0.1, 0.15) is 5.69 Å². The van der Waals surface area contributed by atoms with Crippen LogP contribution >= 0.6 is 0 Å². The molecule has 0 spiro atoms. The van der Waals surface area contributed by atoms with E-state index in [0.717, 1.165) is 5.56 Å². The van der Waals surface area contributed by atoms with Crippen molar-refractivity contribution < 1.29 is 19.0 Å². The number of H-pyrrole nitrogens is 1. The molecule has 0 radical (unpaired) electrons. The maximum Gasteiger partial charge on any atom is 0.361 e. The lowest BCUT2D eigenvalue weighted by Gasteiger charge is -2.16. The number of rotatable bonds is 9. The Balaban J connectivity index is 2.57. The smallest absolute Gasteiger partial charge is 0.361 e. The van der Waals surface area contributed by atoms with E-state index in [4.69, 9.17) is 14.2 Å². The monoisotopic (exact) mass is 345 g/mol. The standard InChI is InChI=1S/C18H23N3O4/c1-5-9-12-10-13(11-14(23-6-2)17(12)24-7-3)15-16(20-21-19-15)18(22)25-8-4/h5,10-11H,1,6-9H2,2-4H3,(H,19,20,21). The highest BCUT2D eigenvalue weighted by Crippen LogP contribution is 2.37. The molecular formula is C18H23N3O4. The Bertz CT molecular complexity index is 740. The van der Waals surface area contributed by atoms with E-state index in [1.165, 1.54) is 0 Å². The van der Waals surface area contributed by atoms with E-state index in [2.05, 4.69) is 22.0 Å². The van der Waals surface area contributed by atoms with E-state index in [-0.39, 0.29) is 12.3 Å². The van der Waals surface area contributed by atoms with Crippen LogP contribution in [-0.2, 0) is 11.2 Å². The number of aromatic amines is 1. The van der Waals surface area contributed by atoms with E-state index in [0.29, 0.717) is 42.4 Å². The topological polar surface area (TPSA) is 86.3 Å². The van der Waals surface area contributed by atoms with Crippen LogP contribution in [0.4, 0.5) is 0 Å². The molecule has 0 amide bonds. The number of nitrogens with zero attached hydrogens (tertiary/aromatic N) is 2. The van der Waals surface area contributed by atoms with Gasteiger partial charge in [0.25, 0.3) is 0 Å². The minimum atomic E-state index is -0.525. The second-order valence-electron chi connectivity index (χ2n) is 5.06. The van der Waals surface area contributed by atoms with Crippen molar-refractivity contribution in [1.29, 1.82) is 0 Å². The Morgan fingerprint density at radius 3 is 2.56 bits per heavy atom. The fraction of sp³-hybridized carbons (Fsp3) is 0.389. The van der Waals surface area contributed by atoms with Crippen molar-refractivity contribution in [2.75, 3.05) is 19.8 Å². The molecular weight excluding hydrogens is 322 g/mol. The summed E-state index contributed by atoms with van der Waals surface area (Å²) in [5.74, 6) is 0.744. The van der Waals surface area contributed by atoms with Crippen LogP contribution in [0, 0.1) is 0 Å². The Kier molecular flexibility index (Phi) is 6.56. The number of benzene rings is 1. The first-order valence-electron chi connectivity index (χ1n) is 8.27. The van der Waals surface area contributed by atoms with Crippen molar-refractivity contribution in [2.45, 2.75) is 27.2 Å². The van der Waals surface area contributed by atoms with E-state index < -0.39 is 5.97 Å². The molecule has 134 valence electrons. The summed E-state index contributed by atoms with van der Waals surface area (Å²) in [5, 5.41) is 10.5. The number of hydrogen-bond acceptors (Lipinski definition) is 6. The quantitative estimate of drug-likeness (QED) is 0.555. The van der Waals surface area contributed by atoms with Crippen LogP contribution in [0.15, 0.2) is 24.8 Å². The molecule has 0 aliphatic carbocycles. The van der Waals surface area contributed by atoms with Crippen molar-refractivity contribution in [3.05, 3.63) is 36.0 Å². The second kappa shape index (κ2) is 8.86. The molecule has 1 aromatic carbocycles. The number of allylic oxidation sites excluding steroid dienone is 1. The minimum Gasteiger partial charge on any atom is -0.490 e. The molecule has 0 aliphatic rings. The SMILES string of the molecule is C=CCc1cc(-c2n[nH]nc2C(=O)OCC)cc(OCC)c1OCC. The zero-order valence-corrected chi connectivity index (χ0v) is 14.8. The van der Waals surface area contributed by atoms with Gasteiger partial charge in [0.2, 0.25) is 0 Å². The van der Waals surface area contributed by atoms with E-state index in [1.54, 1.807) is 19.1 Å². The third kappa shape index (κ3) is 4.17. The average Bonchev–Trinajstić information content (AvgIpc) is 3.08. The maximum absolute atomic E-state index is 12.1. The molecule has 2 aromatic rings. The predicted molar refractivity (Wildman–Crippen MR) is 94.0 cm³/mol. The van der Waals surface area contributed by atoms with Crippen molar-refractivity contribution in [3.63, 3.8) is 0 Å². The molecule has 0 saturated carbocycles. The van der Waals surface area contributed by atoms with Crippen LogP contribution in [0.2, 0.25) is 0 Å². The number of hydrogen-bond donors (Lipinski definition) is 1. The predicted octanol–water partition coefficient (Wildman–Crippen LogP) is 3.17. The van der Waals surface area contributed by atoms with Crippen molar-refractivity contribution in [3.8, 4) is 22.8 Å². The molecule has 1 heterocycles. The van der Waals surface area contributed by atoms with Gasteiger partial charge in [-0.2, -0.15) is 10.3 Å². The maximum atomic E-state index is 12.1. The van der Waals surface area contributed by atoms with Gasteiger partial charge in [-0.1, -0.05) is 6.08 Å². The second-order valence-corrected chi connectivity index (χ2v) is 5.06. The first-order valence-corrected chi connectivity index (χ1v) is 8.27. The lowest BCUT2D eigenvalue weighted by molar-refractivity contribution is 0.0520. The van der Waals surface area contributed by atoms with Crippen molar-refractivity contribution >= 4 is 5.97 Å². The van der Waals surface area contributed by atoms with Crippen LogP contribution in [0.5, 0.6) is 11.5 Å². The van der Waals surface area contributed by atoms with Gasteiger partial charge in [-0.25, -0.2) is 4.79 Å². The largest absolute Gasteiger partial charge is 0.490 e. The normalized spacial score (nSPS) is 10.4. The van der Waals surface area contributed by atoms with Gasteiger partial charge in [0, 0.05) is 11.1 Å². The molecule has 0 unspecified atom stereocenters. The van der Waals surface area contributed by atoms with E-state index in [9.17, 15) is 4.79 Å². The molecule has 1 aromatic heterocycles. The van der Waals surface area contributed by atoms with Gasteiger partial charge in [0.15, 0.2) is 17.2 Å². The van der Waals surface area contributed by atoms with Crippen LogP contribution in [-0.4, -0.2) is 41.2 Å². The summed E-state index contributed by atoms with van der Waals surface area (Å²) >= 11 is 0. The summed E-state index contributed by atoms with van der Waals surface area (Å²) < 4.78 is 16.5. The lowest BCUT2D eigenvalue weighted by Crippen LogP contribution is -2.07. The lowest BCUT2D eigenvalue weighted by atomic mass is 10.0. The molecule has 0 saturated heterocycles. The third-order valence-corrected chi connectivity index (χ3v) is 3.37. The molecule has 0 aliphatic heterocycles. The number of esters is 1. The minimum absolute atomic E-state index is 0.137. The fourth-order valence-corrected chi connectivity index (χ4v) is 2.45. The third-order valence-electron chi connectivity index (χ3n) is 3.37. The van der Waals surface area contributed by atoms with E-state index in [1.807, 2.05) is 19.9 Å². The molecule has 25 heavy (non-hydrogen) atoms. The Morgan fingerprint density at radius 2 is 1.92 bits per heavy atom. The average molecular weight is 345 g/mol. The highest BCUT2D eigenvalue weighted by molar-refractivity contribution is 5.94. The molecule has 0 atom stereocenters. The van der Waals surface area contributed by atoms with Crippen molar-refractivity contribution in [1.82, 2.24) is 15.4 Å². The number of ether oxygens (including phenoxy) is 3. The number of nitrogens with one attached hydrogen (secondary N) is 1. The summed E-state index contributed by atoms with van der Waals surface area (Å²) in [6, 6.07) is 3.69. The Morgan fingerprint density at radius 1 is 1.16 bits per heavy atom. The molecule has 2 rings (SSSR count). The van der Waals surface area contributed by atoms with Gasteiger partial charge >= 0.3 is 5.97 Å². The number of aromatic nitrogens is 3. The van der Waals surface area contributed by atoms with Gasteiger partial charge in [-0.3, -0.25) is 0 Å². The summed E-state index contributed by atoms with van der Waals surface area (Å²) in [6.45, 7) is 10.6. The number of carbonyl (C=O) groups excluding carboxylic acids is 1. The molecule has 7 heteroatoms. The van der Waals surface area contributed by atoms with Crippen molar-refractivity contribution in [2.24, 2.45) is 0 Å². The zero-order valence-electron chi connectivity index (χ0n) is 14.8. The van der Waals surface area contributed by atoms with Crippen LogP contribution in [0.3, 0.4) is 0 Å². The van der Waals surface area contributed by atoms with Gasteiger partial charge in [-0.15, -0.1) is 11.7 Å². The summed E-state index contributed by atoms with van der Waals surface area (Å²) in [5.41, 5.74) is 2.14. The zero-order chi connectivity index (χ0) is 18.2. The molecule has 0 bridgehead atoms. The van der Waals surface area contributed by atoms with Crippen LogP contribution < -0.4 is 9.47 Å². The first kappa shape index (κ1) is 18.5. The Hall–Kier alpha value is -2.83. The molecule has 7 nitrogen and oxygen atoms in total. The first-order chi connectivity index (χ1) is 12.2. The summed E-state index contributed by atoms with van der Waals surface area (Å²) in [6.07, 6.45) is 2.38. The van der Waals surface area contributed by atoms with E-state index >= 15 is 0 Å². The molecule has 0 fully saturated rings.